The van der Waals surface area contributed by atoms with Gasteiger partial charge in [-0.3, -0.25) is 14.4 Å². The third-order valence-electron chi connectivity index (χ3n) is 3.26. The van der Waals surface area contributed by atoms with Crippen molar-refractivity contribution >= 4 is 17.5 Å². The summed E-state index contributed by atoms with van der Waals surface area (Å²) in [6, 6.07) is 0. The zero-order chi connectivity index (χ0) is 14.6. The summed E-state index contributed by atoms with van der Waals surface area (Å²) in [5.74, 6) is -1.61. The van der Waals surface area contributed by atoms with Crippen LogP contribution in [-0.2, 0) is 14.4 Å². The molecule has 0 amide bonds. The molecule has 0 saturated heterocycles. The number of carbonyl (C=O) groups is 3. The first-order valence-corrected chi connectivity index (χ1v) is 6.10. The molecule has 0 saturated carbocycles. The predicted molar refractivity (Wildman–Crippen MR) is 68.6 cm³/mol. The van der Waals surface area contributed by atoms with Crippen molar-refractivity contribution in [3.05, 3.63) is 23.3 Å². The fraction of sp³-hybridized carbons (Fsp3) is 0.500. The van der Waals surface area contributed by atoms with E-state index in [-0.39, 0.29) is 25.0 Å². The summed E-state index contributed by atoms with van der Waals surface area (Å²) in [4.78, 5) is 33.7. The highest BCUT2D eigenvalue weighted by molar-refractivity contribution is 6.12. The molecule has 1 rings (SSSR count). The van der Waals surface area contributed by atoms with Crippen LogP contribution < -0.4 is 0 Å². The van der Waals surface area contributed by atoms with Crippen LogP contribution in [0, 0.1) is 0 Å². The maximum absolute atomic E-state index is 11.8. The van der Waals surface area contributed by atoms with Crippen LogP contribution in [0.5, 0.6) is 0 Å². The molecule has 1 aliphatic carbocycles. The quantitative estimate of drug-likeness (QED) is 0.734. The average molecular weight is 266 g/mol. The van der Waals surface area contributed by atoms with Crippen molar-refractivity contribution in [2.45, 2.75) is 45.1 Å². The Hall–Kier alpha value is -1.75. The second kappa shape index (κ2) is 5.93. The third kappa shape index (κ3) is 4.13. The molecule has 0 aromatic carbocycles. The van der Waals surface area contributed by atoms with Crippen LogP contribution in [0.2, 0.25) is 0 Å². The Bertz CT molecular complexity index is 472. The number of aliphatic hydroxyl groups is 1. The Morgan fingerprint density at radius 3 is 2.68 bits per heavy atom. The minimum absolute atomic E-state index is 0.0872. The van der Waals surface area contributed by atoms with Gasteiger partial charge in [0.05, 0.1) is 6.42 Å². The number of Topliss-reactive ketones (excluding diaryl/α,β-unsaturated/α-hetero) is 1. The highest BCUT2D eigenvalue weighted by Crippen LogP contribution is 2.28. The first-order valence-electron chi connectivity index (χ1n) is 6.10. The van der Waals surface area contributed by atoms with E-state index in [1.165, 1.54) is 6.08 Å². The molecule has 1 atom stereocenters. The molecular weight excluding hydrogens is 248 g/mol. The summed E-state index contributed by atoms with van der Waals surface area (Å²) < 4.78 is 0. The standard InChI is InChI=1S/C14H18O5/c1-9(3-4-13(17)18)5-6-14(19)8-11(15)10(2)7-12(14)16/h3,7,19H,4-6,8H2,1-2H3,(H,17,18)/b9-3+. The summed E-state index contributed by atoms with van der Waals surface area (Å²) in [5, 5.41) is 18.7. The van der Waals surface area contributed by atoms with Crippen molar-refractivity contribution in [2.24, 2.45) is 0 Å². The number of carboxylic acids is 1. The minimum Gasteiger partial charge on any atom is -0.481 e. The monoisotopic (exact) mass is 266 g/mol. The molecule has 1 aliphatic rings. The SMILES string of the molecule is CC1=CC(=O)C(O)(CC/C(C)=C/CC(=O)O)CC1=O. The molecule has 0 radical (unpaired) electrons. The van der Waals surface area contributed by atoms with Crippen molar-refractivity contribution in [1.29, 1.82) is 0 Å². The summed E-state index contributed by atoms with van der Waals surface area (Å²) >= 11 is 0. The van der Waals surface area contributed by atoms with E-state index in [9.17, 15) is 19.5 Å². The smallest absolute Gasteiger partial charge is 0.307 e. The molecule has 19 heavy (non-hydrogen) atoms. The van der Waals surface area contributed by atoms with Gasteiger partial charge in [0.2, 0.25) is 0 Å². The number of allylic oxidation sites excluding steroid dienone is 2. The van der Waals surface area contributed by atoms with Crippen LogP contribution in [0.15, 0.2) is 23.3 Å². The van der Waals surface area contributed by atoms with Gasteiger partial charge in [0.15, 0.2) is 11.6 Å². The Morgan fingerprint density at radius 1 is 1.47 bits per heavy atom. The molecular formula is C14H18O5. The zero-order valence-corrected chi connectivity index (χ0v) is 11.1. The van der Waals surface area contributed by atoms with Crippen molar-refractivity contribution in [3.8, 4) is 0 Å². The molecule has 5 nitrogen and oxygen atoms in total. The third-order valence-corrected chi connectivity index (χ3v) is 3.26. The molecule has 2 N–H and O–H groups in total. The first kappa shape index (κ1) is 15.3. The van der Waals surface area contributed by atoms with E-state index in [1.807, 2.05) is 0 Å². The topological polar surface area (TPSA) is 91.7 Å². The van der Waals surface area contributed by atoms with Crippen LogP contribution in [0.25, 0.3) is 0 Å². The molecule has 104 valence electrons. The number of carboxylic acid groups (broad SMARTS) is 1. The van der Waals surface area contributed by atoms with E-state index >= 15 is 0 Å². The Labute approximate surface area is 111 Å². The normalized spacial score (nSPS) is 24.4. The fourth-order valence-corrected chi connectivity index (χ4v) is 1.88. The van der Waals surface area contributed by atoms with E-state index in [1.54, 1.807) is 19.9 Å². The molecule has 0 aromatic rings. The zero-order valence-electron chi connectivity index (χ0n) is 11.1. The van der Waals surface area contributed by atoms with Crippen molar-refractivity contribution in [3.63, 3.8) is 0 Å². The second-order valence-electron chi connectivity index (χ2n) is 4.97. The van der Waals surface area contributed by atoms with Gasteiger partial charge in [-0.2, -0.15) is 0 Å². The minimum atomic E-state index is -1.64. The maximum Gasteiger partial charge on any atom is 0.307 e. The van der Waals surface area contributed by atoms with E-state index in [0.717, 1.165) is 5.57 Å². The Balaban J connectivity index is 2.66. The Morgan fingerprint density at radius 2 is 2.11 bits per heavy atom. The molecule has 1 unspecified atom stereocenters. The molecule has 0 aliphatic heterocycles. The number of carbonyl (C=O) groups excluding carboxylic acids is 2. The summed E-state index contributed by atoms with van der Waals surface area (Å²) in [6.07, 6.45) is 2.96. The van der Waals surface area contributed by atoms with Gasteiger partial charge in [0.1, 0.15) is 5.60 Å². The number of hydrogen-bond acceptors (Lipinski definition) is 4. The lowest BCUT2D eigenvalue weighted by Crippen LogP contribution is -2.43. The largest absolute Gasteiger partial charge is 0.481 e. The summed E-state index contributed by atoms with van der Waals surface area (Å²) in [6.45, 7) is 3.29. The van der Waals surface area contributed by atoms with E-state index < -0.39 is 17.4 Å². The fourth-order valence-electron chi connectivity index (χ4n) is 1.88. The highest BCUT2D eigenvalue weighted by Gasteiger charge is 2.39. The molecule has 0 aromatic heterocycles. The van der Waals surface area contributed by atoms with Crippen LogP contribution in [0.4, 0.5) is 0 Å². The number of aliphatic carboxylic acids is 1. The molecule has 0 heterocycles. The van der Waals surface area contributed by atoms with Gasteiger partial charge in [-0.1, -0.05) is 11.6 Å². The lowest BCUT2D eigenvalue weighted by Gasteiger charge is -2.28. The number of rotatable bonds is 5. The first-order chi connectivity index (χ1) is 8.74. The summed E-state index contributed by atoms with van der Waals surface area (Å²) in [7, 11) is 0. The predicted octanol–water partition coefficient (Wildman–Crippen LogP) is 1.41. The van der Waals surface area contributed by atoms with Gasteiger partial charge >= 0.3 is 5.97 Å². The number of hydrogen-bond donors (Lipinski definition) is 2. The van der Waals surface area contributed by atoms with Gasteiger partial charge in [-0.05, 0) is 38.3 Å². The maximum atomic E-state index is 11.8. The number of ketones is 2. The second-order valence-corrected chi connectivity index (χ2v) is 4.97. The van der Waals surface area contributed by atoms with E-state index in [4.69, 9.17) is 5.11 Å². The molecule has 0 bridgehead atoms. The molecule has 0 fully saturated rings. The van der Waals surface area contributed by atoms with Crippen molar-refractivity contribution in [1.82, 2.24) is 0 Å². The van der Waals surface area contributed by atoms with Crippen LogP contribution >= 0.6 is 0 Å². The lowest BCUT2D eigenvalue weighted by atomic mass is 9.80. The van der Waals surface area contributed by atoms with Crippen LogP contribution in [0.3, 0.4) is 0 Å². The van der Waals surface area contributed by atoms with Crippen LogP contribution in [-0.4, -0.2) is 33.3 Å². The highest BCUT2D eigenvalue weighted by atomic mass is 16.4. The average Bonchev–Trinajstić information content (AvgIpc) is 2.32. The van der Waals surface area contributed by atoms with Crippen LogP contribution in [0.1, 0.15) is 39.5 Å². The van der Waals surface area contributed by atoms with Gasteiger partial charge in [-0.25, -0.2) is 0 Å². The van der Waals surface area contributed by atoms with Gasteiger partial charge in [0.25, 0.3) is 0 Å². The van der Waals surface area contributed by atoms with Gasteiger partial charge < -0.3 is 10.2 Å². The van der Waals surface area contributed by atoms with Crippen molar-refractivity contribution < 1.29 is 24.6 Å². The van der Waals surface area contributed by atoms with Gasteiger partial charge in [-0.15, -0.1) is 0 Å². The Kier molecular flexibility index (Phi) is 4.78. The molecule has 0 spiro atoms. The lowest BCUT2D eigenvalue weighted by molar-refractivity contribution is -0.140. The molecule has 5 heteroatoms. The van der Waals surface area contributed by atoms with Crippen molar-refractivity contribution in [2.75, 3.05) is 0 Å². The van der Waals surface area contributed by atoms with E-state index in [2.05, 4.69) is 0 Å². The van der Waals surface area contributed by atoms with E-state index in [0.29, 0.717) is 12.0 Å². The van der Waals surface area contributed by atoms with Gasteiger partial charge in [0, 0.05) is 6.42 Å². The summed E-state index contributed by atoms with van der Waals surface area (Å²) in [5.41, 5.74) is -0.496.